The minimum atomic E-state index is -0.721. The van der Waals surface area contributed by atoms with Gasteiger partial charge >= 0.3 is 5.97 Å². The Morgan fingerprint density at radius 2 is 1.32 bits per heavy atom. The normalized spacial score (nSPS) is 21.4. The van der Waals surface area contributed by atoms with Crippen LogP contribution in [0.1, 0.15) is 42.9 Å². The lowest BCUT2D eigenvalue weighted by atomic mass is 10.0. The summed E-state index contributed by atoms with van der Waals surface area (Å²) in [6.07, 6.45) is -0.493. The minimum absolute atomic E-state index is 0.276. The lowest BCUT2D eigenvalue weighted by molar-refractivity contribution is -0.272. The summed E-state index contributed by atoms with van der Waals surface area (Å²) in [6.45, 7) is 3.51. The molecule has 0 aromatic heterocycles. The molecule has 0 saturated carbocycles. The summed E-state index contributed by atoms with van der Waals surface area (Å²) in [5.74, 6) is -0.276. The standard InChI is InChI=1S/C31H36O6/c1-2-12-29(32)37-30-19-27(34-21-25-15-8-4-9-16-25)31(35-22-26-17-10-5-11-18-26)28(36-30)23-33-20-24-13-6-3-7-14-24/h3-11,13-18,27-28,30-31H,2,12,19-23H2,1H3/t27-,28-,30?,31+/m1/s1. The van der Waals surface area contributed by atoms with Gasteiger partial charge in [0.05, 0.1) is 32.5 Å². The van der Waals surface area contributed by atoms with Gasteiger partial charge in [-0.2, -0.15) is 0 Å². The zero-order chi connectivity index (χ0) is 25.7. The van der Waals surface area contributed by atoms with E-state index in [9.17, 15) is 4.79 Å². The number of benzene rings is 3. The zero-order valence-corrected chi connectivity index (χ0v) is 21.4. The molecule has 1 saturated heterocycles. The predicted octanol–water partition coefficient (Wildman–Crippen LogP) is 5.83. The minimum Gasteiger partial charge on any atom is -0.436 e. The van der Waals surface area contributed by atoms with Crippen molar-refractivity contribution >= 4 is 5.97 Å². The fourth-order valence-electron chi connectivity index (χ4n) is 4.30. The lowest BCUT2D eigenvalue weighted by Gasteiger charge is -2.41. The van der Waals surface area contributed by atoms with E-state index in [-0.39, 0.29) is 18.7 Å². The Bertz CT molecular complexity index is 1040. The molecule has 0 bridgehead atoms. The molecule has 0 radical (unpaired) electrons. The van der Waals surface area contributed by atoms with Crippen molar-refractivity contribution in [3.8, 4) is 0 Å². The highest BCUT2D eigenvalue weighted by atomic mass is 16.7. The van der Waals surface area contributed by atoms with Gasteiger partial charge in [-0.15, -0.1) is 0 Å². The molecular weight excluding hydrogens is 468 g/mol. The van der Waals surface area contributed by atoms with Crippen LogP contribution < -0.4 is 0 Å². The average Bonchev–Trinajstić information content (AvgIpc) is 2.93. The summed E-state index contributed by atoms with van der Waals surface area (Å²) in [7, 11) is 0. The maximum atomic E-state index is 12.3. The number of hydrogen-bond acceptors (Lipinski definition) is 6. The van der Waals surface area contributed by atoms with Gasteiger partial charge in [0, 0.05) is 12.8 Å². The van der Waals surface area contributed by atoms with Crippen molar-refractivity contribution in [1.82, 2.24) is 0 Å². The number of carbonyl (C=O) groups excluding carboxylic acids is 1. The summed E-state index contributed by atoms with van der Waals surface area (Å²) < 4.78 is 30.8. The first-order chi connectivity index (χ1) is 18.2. The van der Waals surface area contributed by atoms with Crippen LogP contribution in [0.3, 0.4) is 0 Å². The van der Waals surface area contributed by atoms with E-state index in [0.29, 0.717) is 39.1 Å². The van der Waals surface area contributed by atoms with E-state index < -0.39 is 18.5 Å². The molecule has 37 heavy (non-hydrogen) atoms. The Kier molecular flexibility index (Phi) is 10.7. The maximum Gasteiger partial charge on any atom is 0.308 e. The Hall–Kier alpha value is -3.03. The van der Waals surface area contributed by atoms with Gasteiger partial charge in [-0.25, -0.2) is 0 Å². The molecule has 4 atom stereocenters. The average molecular weight is 505 g/mol. The third-order valence-electron chi connectivity index (χ3n) is 6.19. The molecule has 0 amide bonds. The highest BCUT2D eigenvalue weighted by Gasteiger charge is 2.42. The molecule has 1 heterocycles. The summed E-state index contributed by atoms with van der Waals surface area (Å²) in [5, 5.41) is 0. The summed E-state index contributed by atoms with van der Waals surface area (Å²) >= 11 is 0. The van der Waals surface area contributed by atoms with Gasteiger partial charge in [0.2, 0.25) is 6.29 Å². The molecule has 4 rings (SSSR count). The van der Waals surface area contributed by atoms with Crippen LogP contribution in [-0.2, 0) is 48.3 Å². The third kappa shape index (κ3) is 8.79. The molecule has 0 N–H and O–H groups in total. The van der Waals surface area contributed by atoms with Gasteiger partial charge < -0.3 is 23.7 Å². The van der Waals surface area contributed by atoms with Crippen molar-refractivity contribution in [2.45, 2.75) is 70.6 Å². The number of esters is 1. The van der Waals surface area contributed by atoms with Crippen molar-refractivity contribution in [3.63, 3.8) is 0 Å². The second kappa shape index (κ2) is 14.6. The quantitative estimate of drug-likeness (QED) is 0.273. The fourth-order valence-corrected chi connectivity index (χ4v) is 4.30. The number of hydrogen-bond donors (Lipinski definition) is 0. The molecule has 6 nitrogen and oxygen atoms in total. The summed E-state index contributed by atoms with van der Waals surface area (Å²) in [5.41, 5.74) is 3.19. The van der Waals surface area contributed by atoms with Crippen LogP contribution in [0, 0.1) is 0 Å². The molecule has 3 aromatic rings. The van der Waals surface area contributed by atoms with Gasteiger partial charge in [0.25, 0.3) is 0 Å². The molecule has 0 spiro atoms. The molecule has 1 unspecified atom stereocenters. The molecule has 196 valence electrons. The highest BCUT2D eigenvalue weighted by Crippen LogP contribution is 2.29. The third-order valence-corrected chi connectivity index (χ3v) is 6.19. The molecule has 0 aliphatic carbocycles. The van der Waals surface area contributed by atoms with E-state index in [4.69, 9.17) is 23.7 Å². The molecule has 1 aliphatic rings. The van der Waals surface area contributed by atoms with Gasteiger partial charge in [-0.1, -0.05) is 97.9 Å². The van der Waals surface area contributed by atoms with E-state index in [0.717, 1.165) is 16.7 Å². The van der Waals surface area contributed by atoms with Crippen LogP contribution in [0.5, 0.6) is 0 Å². The highest BCUT2D eigenvalue weighted by molar-refractivity contribution is 5.69. The second-order valence-electron chi connectivity index (χ2n) is 9.18. The molecule has 6 heteroatoms. The zero-order valence-electron chi connectivity index (χ0n) is 21.4. The summed E-state index contributed by atoms with van der Waals surface area (Å²) in [4.78, 5) is 12.3. The monoisotopic (exact) mass is 504 g/mol. The van der Waals surface area contributed by atoms with Crippen LogP contribution in [0.4, 0.5) is 0 Å². The van der Waals surface area contributed by atoms with Crippen molar-refractivity contribution in [1.29, 1.82) is 0 Å². The smallest absolute Gasteiger partial charge is 0.308 e. The van der Waals surface area contributed by atoms with E-state index >= 15 is 0 Å². The molecule has 1 fully saturated rings. The number of carbonyl (C=O) groups is 1. The largest absolute Gasteiger partial charge is 0.436 e. The van der Waals surface area contributed by atoms with Crippen molar-refractivity contribution in [2.75, 3.05) is 6.61 Å². The maximum absolute atomic E-state index is 12.3. The van der Waals surface area contributed by atoms with Gasteiger partial charge in [0.1, 0.15) is 12.2 Å². The van der Waals surface area contributed by atoms with Crippen LogP contribution in [0.15, 0.2) is 91.0 Å². The Balaban J connectivity index is 1.49. The lowest BCUT2D eigenvalue weighted by Crippen LogP contribution is -2.53. The first kappa shape index (κ1) is 27.0. The Morgan fingerprint density at radius 1 is 0.784 bits per heavy atom. The van der Waals surface area contributed by atoms with Crippen molar-refractivity contribution in [2.24, 2.45) is 0 Å². The fraction of sp³-hybridized carbons (Fsp3) is 0.387. The van der Waals surface area contributed by atoms with Crippen molar-refractivity contribution in [3.05, 3.63) is 108 Å². The van der Waals surface area contributed by atoms with Gasteiger partial charge in [0.15, 0.2) is 0 Å². The number of ether oxygens (including phenoxy) is 5. The van der Waals surface area contributed by atoms with Crippen LogP contribution >= 0.6 is 0 Å². The Morgan fingerprint density at radius 3 is 1.89 bits per heavy atom. The molecular formula is C31H36O6. The Labute approximate surface area is 219 Å². The number of rotatable bonds is 13. The summed E-state index contributed by atoms with van der Waals surface area (Å²) in [6, 6.07) is 30.0. The SMILES string of the molecule is CCCC(=O)OC1C[C@@H](OCc2ccccc2)[C@H](OCc2ccccc2)[C@@H](COCc2ccccc2)O1. The first-order valence-electron chi connectivity index (χ1n) is 13.0. The second-order valence-corrected chi connectivity index (χ2v) is 9.18. The first-order valence-corrected chi connectivity index (χ1v) is 13.0. The van der Waals surface area contributed by atoms with Crippen molar-refractivity contribution < 1.29 is 28.5 Å². The van der Waals surface area contributed by atoms with E-state index in [1.54, 1.807) is 0 Å². The topological polar surface area (TPSA) is 63.2 Å². The van der Waals surface area contributed by atoms with E-state index in [1.807, 2.05) is 97.9 Å². The molecule has 1 aliphatic heterocycles. The van der Waals surface area contributed by atoms with Gasteiger partial charge in [-0.3, -0.25) is 4.79 Å². The van der Waals surface area contributed by atoms with E-state index in [2.05, 4.69) is 0 Å². The van der Waals surface area contributed by atoms with Crippen LogP contribution in [-0.4, -0.2) is 37.2 Å². The van der Waals surface area contributed by atoms with Gasteiger partial charge in [-0.05, 0) is 23.1 Å². The van der Waals surface area contributed by atoms with E-state index in [1.165, 1.54) is 0 Å². The van der Waals surface area contributed by atoms with Crippen LogP contribution in [0.2, 0.25) is 0 Å². The molecule has 3 aromatic carbocycles. The predicted molar refractivity (Wildman–Crippen MR) is 140 cm³/mol. The van der Waals surface area contributed by atoms with Crippen LogP contribution in [0.25, 0.3) is 0 Å².